The lowest BCUT2D eigenvalue weighted by Crippen LogP contribution is -2.29. The SMILES string of the molecule is COC(=O)c1ccc([C@@H]2Nc3c(Cl)cc(C(=O)O)cc3C3C=CCC32)cc1. The molecule has 2 aromatic rings. The molecule has 0 fully saturated rings. The smallest absolute Gasteiger partial charge is 0.337 e. The van der Waals surface area contributed by atoms with E-state index in [1.54, 1.807) is 18.2 Å². The van der Waals surface area contributed by atoms with Crippen LogP contribution >= 0.6 is 11.6 Å². The normalized spacial score (nSPS) is 22.5. The van der Waals surface area contributed by atoms with Crippen molar-refractivity contribution in [2.24, 2.45) is 5.92 Å². The quantitative estimate of drug-likeness (QED) is 0.596. The van der Waals surface area contributed by atoms with E-state index in [9.17, 15) is 14.7 Å². The van der Waals surface area contributed by atoms with Crippen molar-refractivity contribution < 1.29 is 19.4 Å². The Balaban J connectivity index is 1.74. The zero-order valence-electron chi connectivity index (χ0n) is 14.6. The van der Waals surface area contributed by atoms with Crippen molar-refractivity contribution in [1.29, 1.82) is 0 Å². The Morgan fingerprint density at radius 1 is 1.19 bits per heavy atom. The summed E-state index contributed by atoms with van der Waals surface area (Å²) < 4.78 is 4.75. The van der Waals surface area contributed by atoms with E-state index in [1.165, 1.54) is 13.2 Å². The van der Waals surface area contributed by atoms with Gasteiger partial charge in [0, 0.05) is 5.92 Å². The van der Waals surface area contributed by atoms with E-state index >= 15 is 0 Å². The molecule has 0 saturated carbocycles. The fourth-order valence-electron chi connectivity index (χ4n) is 4.05. The molecule has 1 aliphatic heterocycles. The van der Waals surface area contributed by atoms with Gasteiger partial charge in [-0.2, -0.15) is 0 Å². The molecule has 2 aliphatic rings. The number of hydrogen-bond donors (Lipinski definition) is 2. The predicted molar refractivity (Wildman–Crippen MR) is 103 cm³/mol. The van der Waals surface area contributed by atoms with Gasteiger partial charge in [-0.1, -0.05) is 35.9 Å². The van der Waals surface area contributed by atoms with E-state index in [2.05, 4.69) is 17.5 Å². The Bertz CT molecular complexity index is 951. The van der Waals surface area contributed by atoms with Gasteiger partial charge in [0.1, 0.15) is 0 Å². The van der Waals surface area contributed by atoms with Crippen LogP contribution in [-0.2, 0) is 4.74 Å². The molecule has 0 aromatic heterocycles. The first-order valence-corrected chi connectivity index (χ1v) is 9.05. The molecule has 0 amide bonds. The summed E-state index contributed by atoms with van der Waals surface area (Å²) in [6.07, 6.45) is 5.14. The maximum Gasteiger partial charge on any atom is 0.337 e. The van der Waals surface area contributed by atoms with E-state index in [0.717, 1.165) is 23.2 Å². The van der Waals surface area contributed by atoms with Crippen molar-refractivity contribution in [2.75, 3.05) is 12.4 Å². The summed E-state index contributed by atoms with van der Waals surface area (Å²) in [7, 11) is 1.36. The number of anilines is 1. The van der Waals surface area contributed by atoms with Crippen LogP contribution in [0.25, 0.3) is 0 Å². The molecule has 1 aliphatic carbocycles. The number of halogens is 1. The Labute approximate surface area is 161 Å². The predicted octanol–water partition coefficient (Wildman–Crippen LogP) is 4.65. The summed E-state index contributed by atoms with van der Waals surface area (Å²) in [5.74, 6) is -1.00. The molecule has 0 bridgehead atoms. The van der Waals surface area contributed by atoms with Crippen molar-refractivity contribution >= 4 is 29.2 Å². The van der Waals surface area contributed by atoms with Crippen molar-refractivity contribution in [3.05, 3.63) is 75.8 Å². The van der Waals surface area contributed by atoms with Gasteiger partial charge in [-0.25, -0.2) is 9.59 Å². The molecule has 0 spiro atoms. The first kappa shape index (κ1) is 17.6. The fraction of sp³-hybridized carbons (Fsp3) is 0.238. The van der Waals surface area contributed by atoms with Gasteiger partial charge in [0.15, 0.2) is 0 Å². The zero-order chi connectivity index (χ0) is 19.1. The summed E-state index contributed by atoms with van der Waals surface area (Å²) in [5.41, 5.74) is 3.44. The lowest BCUT2D eigenvalue weighted by molar-refractivity contribution is 0.0599. The molecule has 3 atom stereocenters. The van der Waals surface area contributed by atoms with Crippen molar-refractivity contribution in [2.45, 2.75) is 18.4 Å². The summed E-state index contributed by atoms with van der Waals surface area (Å²) in [4.78, 5) is 23.1. The molecular formula is C21H18ClNO4. The Kier molecular flexibility index (Phi) is 4.40. The Morgan fingerprint density at radius 2 is 1.93 bits per heavy atom. The number of fused-ring (bicyclic) bond motifs is 3. The van der Waals surface area contributed by atoms with E-state index in [1.807, 2.05) is 12.1 Å². The van der Waals surface area contributed by atoms with Crippen LogP contribution in [-0.4, -0.2) is 24.2 Å². The van der Waals surface area contributed by atoms with Crippen molar-refractivity contribution in [1.82, 2.24) is 0 Å². The minimum atomic E-state index is -0.987. The van der Waals surface area contributed by atoms with Gasteiger partial charge in [-0.3, -0.25) is 0 Å². The molecule has 0 radical (unpaired) electrons. The number of carboxylic acids is 1. The maximum absolute atomic E-state index is 11.7. The van der Waals surface area contributed by atoms with Crippen LogP contribution in [0.5, 0.6) is 0 Å². The number of ether oxygens (including phenoxy) is 1. The summed E-state index contributed by atoms with van der Waals surface area (Å²) in [6, 6.07) is 10.5. The molecule has 6 heteroatoms. The molecule has 27 heavy (non-hydrogen) atoms. The third kappa shape index (κ3) is 2.98. The highest BCUT2D eigenvalue weighted by atomic mass is 35.5. The zero-order valence-corrected chi connectivity index (χ0v) is 15.4. The molecule has 2 N–H and O–H groups in total. The van der Waals surface area contributed by atoms with Gasteiger partial charge >= 0.3 is 11.9 Å². The van der Waals surface area contributed by atoms with Crippen molar-refractivity contribution in [3.8, 4) is 0 Å². The Morgan fingerprint density at radius 3 is 2.59 bits per heavy atom. The average molecular weight is 384 g/mol. The lowest BCUT2D eigenvalue weighted by Gasteiger charge is -2.38. The number of carbonyl (C=O) groups excluding carboxylic acids is 1. The highest BCUT2D eigenvalue weighted by molar-refractivity contribution is 6.33. The van der Waals surface area contributed by atoms with Gasteiger partial charge < -0.3 is 15.2 Å². The van der Waals surface area contributed by atoms with Crippen molar-refractivity contribution in [3.63, 3.8) is 0 Å². The molecule has 2 aromatic carbocycles. The monoisotopic (exact) mass is 383 g/mol. The number of allylic oxidation sites excluding steroid dienone is 2. The van der Waals surface area contributed by atoms with Crippen LogP contribution in [0.4, 0.5) is 5.69 Å². The molecule has 0 saturated heterocycles. The molecule has 1 heterocycles. The van der Waals surface area contributed by atoms with Gasteiger partial charge in [0.2, 0.25) is 0 Å². The largest absolute Gasteiger partial charge is 0.478 e. The fourth-order valence-corrected chi connectivity index (χ4v) is 4.33. The van der Waals surface area contributed by atoms with Crippen LogP contribution < -0.4 is 5.32 Å². The lowest BCUT2D eigenvalue weighted by atomic mass is 9.76. The van der Waals surface area contributed by atoms with Crippen LogP contribution in [0, 0.1) is 5.92 Å². The van der Waals surface area contributed by atoms with Gasteiger partial charge in [0.05, 0.1) is 35.0 Å². The minimum absolute atomic E-state index is 0.0115. The first-order valence-electron chi connectivity index (χ1n) is 8.68. The summed E-state index contributed by atoms with van der Waals surface area (Å²) >= 11 is 6.41. The van der Waals surface area contributed by atoms with Gasteiger partial charge in [-0.05, 0) is 47.7 Å². The van der Waals surface area contributed by atoms with Gasteiger partial charge in [0.25, 0.3) is 0 Å². The van der Waals surface area contributed by atoms with Gasteiger partial charge in [-0.15, -0.1) is 0 Å². The number of esters is 1. The van der Waals surface area contributed by atoms with E-state index < -0.39 is 5.97 Å². The second-order valence-electron chi connectivity index (χ2n) is 6.82. The number of benzene rings is 2. The Hall–Kier alpha value is -2.79. The second kappa shape index (κ2) is 6.74. The number of aromatic carboxylic acids is 1. The highest BCUT2D eigenvalue weighted by Crippen LogP contribution is 2.51. The second-order valence-corrected chi connectivity index (χ2v) is 7.22. The number of hydrogen-bond acceptors (Lipinski definition) is 4. The number of carboxylic acid groups (broad SMARTS) is 1. The third-order valence-electron chi connectivity index (χ3n) is 5.36. The highest BCUT2D eigenvalue weighted by Gasteiger charge is 2.39. The summed E-state index contributed by atoms with van der Waals surface area (Å²) in [5, 5.41) is 13.2. The molecular weight excluding hydrogens is 366 g/mol. The average Bonchev–Trinajstić information content (AvgIpc) is 3.17. The van der Waals surface area contributed by atoms with Crippen LogP contribution in [0.3, 0.4) is 0 Å². The number of rotatable bonds is 3. The first-order chi connectivity index (χ1) is 13.0. The molecule has 2 unspecified atom stereocenters. The van der Waals surface area contributed by atoms with Crippen LogP contribution in [0.2, 0.25) is 5.02 Å². The topological polar surface area (TPSA) is 75.6 Å². The van der Waals surface area contributed by atoms with E-state index in [4.69, 9.17) is 16.3 Å². The van der Waals surface area contributed by atoms with E-state index in [-0.39, 0.29) is 29.4 Å². The van der Waals surface area contributed by atoms with Crippen LogP contribution in [0.1, 0.15) is 50.2 Å². The third-order valence-corrected chi connectivity index (χ3v) is 5.66. The standard InChI is InChI=1S/C21H18ClNO4/c1-27-21(26)12-7-5-11(6-8-12)18-15-4-2-3-14(15)16-9-13(20(24)25)10-17(22)19(16)23-18/h2-3,5-10,14-15,18,23H,4H2,1H3,(H,24,25)/t14?,15?,18-/m0/s1. The minimum Gasteiger partial charge on any atom is -0.478 e. The van der Waals surface area contributed by atoms with Crippen LogP contribution in [0.15, 0.2) is 48.6 Å². The molecule has 4 rings (SSSR count). The maximum atomic E-state index is 11.7. The number of nitrogens with one attached hydrogen (secondary N) is 1. The summed E-state index contributed by atoms with van der Waals surface area (Å²) in [6.45, 7) is 0. The number of carbonyl (C=O) groups is 2. The molecule has 138 valence electrons. The number of methoxy groups -OCH3 is 1. The van der Waals surface area contributed by atoms with E-state index in [0.29, 0.717) is 10.6 Å². The molecule has 5 nitrogen and oxygen atoms in total.